The van der Waals surface area contributed by atoms with Gasteiger partial charge in [-0.05, 0) is 18.4 Å². The zero-order valence-electron chi connectivity index (χ0n) is 14.8. The Morgan fingerprint density at radius 1 is 1.24 bits per heavy atom. The van der Waals surface area contributed by atoms with E-state index in [9.17, 15) is 9.90 Å². The van der Waals surface area contributed by atoms with Crippen LogP contribution in [0.4, 0.5) is 0 Å². The molecular formula is C20H27BN2O2. The number of rotatable bonds is 6. The minimum Gasteiger partial charge on any atom is -0.395 e. The summed E-state index contributed by atoms with van der Waals surface area (Å²) in [5.74, 6) is 0.664. The topological polar surface area (TPSA) is 54.3 Å². The maximum atomic E-state index is 12.7. The first-order valence-corrected chi connectivity index (χ1v) is 9.47. The molecule has 1 amide bonds. The van der Waals surface area contributed by atoms with Gasteiger partial charge in [0.25, 0.3) is 5.91 Å². The summed E-state index contributed by atoms with van der Waals surface area (Å²) < 4.78 is 1.89. The smallest absolute Gasteiger partial charge is 0.253 e. The Kier molecular flexibility index (Phi) is 6.19. The highest BCUT2D eigenvalue weighted by Crippen LogP contribution is 2.25. The van der Waals surface area contributed by atoms with Gasteiger partial charge < -0.3 is 15.0 Å². The Labute approximate surface area is 151 Å². The number of nitrogens with zero attached hydrogens (tertiary/aromatic N) is 1. The van der Waals surface area contributed by atoms with Gasteiger partial charge in [0.15, 0.2) is 0 Å². The summed E-state index contributed by atoms with van der Waals surface area (Å²) in [5.41, 5.74) is 2.09. The Hall–Kier alpha value is -1.75. The van der Waals surface area contributed by atoms with Crippen molar-refractivity contribution in [2.75, 3.05) is 13.2 Å². The number of benzene rings is 1. The van der Waals surface area contributed by atoms with Crippen LogP contribution in [-0.4, -0.2) is 36.6 Å². The Bertz CT molecular complexity index is 718. The lowest BCUT2D eigenvalue weighted by molar-refractivity contribution is 0.0952. The molecule has 3 rings (SSSR count). The van der Waals surface area contributed by atoms with E-state index in [1.807, 2.05) is 22.8 Å². The predicted molar refractivity (Wildman–Crippen MR) is 103 cm³/mol. The number of hydrogen-bond acceptors (Lipinski definition) is 2. The zero-order valence-corrected chi connectivity index (χ0v) is 14.8. The fraction of sp³-hybridized carbons (Fsp3) is 0.550. The van der Waals surface area contributed by atoms with E-state index in [4.69, 9.17) is 7.85 Å². The van der Waals surface area contributed by atoms with Gasteiger partial charge >= 0.3 is 0 Å². The molecule has 132 valence electrons. The molecule has 0 unspecified atom stereocenters. The Balaban J connectivity index is 1.69. The van der Waals surface area contributed by atoms with Crippen LogP contribution in [0.2, 0.25) is 0 Å². The number of carbonyl (C=O) groups is 1. The highest BCUT2D eigenvalue weighted by Gasteiger charge is 2.17. The molecule has 0 aliphatic heterocycles. The van der Waals surface area contributed by atoms with Crippen LogP contribution in [0.1, 0.15) is 55.3 Å². The molecule has 0 spiro atoms. The molecule has 5 heteroatoms. The number of aliphatic hydroxyl groups is 1. The second kappa shape index (κ2) is 8.57. The van der Waals surface area contributed by atoms with Crippen molar-refractivity contribution in [3.63, 3.8) is 0 Å². The maximum absolute atomic E-state index is 12.7. The van der Waals surface area contributed by atoms with Gasteiger partial charge in [-0.1, -0.05) is 56.1 Å². The highest BCUT2D eigenvalue weighted by atomic mass is 16.3. The molecule has 1 fully saturated rings. The second-order valence-electron chi connectivity index (χ2n) is 7.10. The van der Waals surface area contributed by atoms with Crippen LogP contribution in [0, 0.1) is 5.92 Å². The molecule has 1 aliphatic carbocycles. The number of carbonyl (C=O) groups excluding carboxylic acids is 1. The van der Waals surface area contributed by atoms with E-state index >= 15 is 0 Å². The number of nitrogens with one attached hydrogen (secondary N) is 1. The van der Waals surface area contributed by atoms with Gasteiger partial charge in [-0.2, -0.15) is 0 Å². The summed E-state index contributed by atoms with van der Waals surface area (Å²) in [6.07, 6.45) is 10.8. The quantitative estimate of drug-likeness (QED) is 0.628. The third kappa shape index (κ3) is 4.27. The summed E-state index contributed by atoms with van der Waals surface area (Å²) in [6.45, 7) is 1.19. The van der Waals surface area contributed by atoms with E-state index < -0.39 is 0 Å². The van der Waals surface area contributed by atoms with Crippen molar-refractivity contribution in [2.24, 2.45) is 5.92 Å². The number of aromatic nitrogens is 1. The van der Waals surface area contributed by atoms with E-state index in [1.165, 1.54) is 38.5 Å². The minimum atomic E-state index is -0.0757. The van der Waals surface area contributed by atoms with Gasteiger partial charge in [0.1, 0.15) is 7.85 Å². The van der Waals surface area contributed by atoms with Crippen molar-refractivity contribution in [3.8, 4) is 0 Å². The lowest BCUT2D eigenvalue weighted by Gasteiger charge is -2.14. The summed E-state index contributed by atoms with van der Waals surface area (Å²) in [4.78, 5) is 12.7. The predicted octanol–water partition coefficient (Wildman–Crippen LogP) is 2.52. The molecule has 2 N–H and O–H groups in total. The lowest BCUT2D eigenvalue weighted by Crippen LogP contribution is -2.26. The maximum Gasteiger partial charge on any atom is 0.253 e. The summed E-state index contributed by atoms with van der Waals surface area (Å²) in [5, 5.41) is 13.1. The largest absolute Gasteiger partial charge is 0.395 e. The molecule has 0 atom stereocenters. The molecule has 1 aliphatic rings. The third-order valence-electron chi connectivity index (χ3n) is 5.34. The molecule has 1 saturated carbocycles. The van der Waals surface area contributed by atoms with E-state index in [0.717, 1.165) is 23.2 Å². The number of amides is 1. The molecule has 1 aromatic carbocycles. The van der Waals surface area contributed by atoms with Crippen molar-refractivity contribution < 1.29 is 9.90 Å². The first-order chi connectivity index (χ1) is 12.2. The molecule has 4 nitrogen and oxygen atoms in total. The van der Waals surface area contributed by atoms with Gasteiger partial charge in [-0.15, -0.1) is 0 Å². The molecule has 25 heavy (non-hydrogen) atoms. The monoisotopic (exact) mass is 338 g/mol. The second-order valence-corrected chi connectivity index (χ2v) is 7.10. The number of hydrogen-bond donors (Lipinski definition) is 2. The SMILES string of the molecule is [B]c1cccc2c1c(C(=O)NCCC1CCCCCC1)cn2CCO. The van der Waals surface area contributed by atoms with Crippen molar-refractivity contribution in [1.29, 1.82) is 0 Å². The Morgan fingerprint density at radius 3 is 2.72 bits per heavy atom. The zero-order chi connectivity index (χ0) is 17.6. The molecule has 2 radical (unpaired) electrons. The third-order valence-corrected chi connectivity index (χ3v) is 5.34. The van der Waals surface area contributed by atoms with E-state index in [0.29, 0.717) is 24.1 Å². The molecule has 2 aromatic rings. The molecular weight excluding hydrogens is 311 g/mol. The molecule has 1 aromatic heterocycles. The molecule has 0 saturated heterocycles. The summed E-state index contributed by atoms with van der Waals surface area (Å²) in [7, 11) is 6.11. The fourth-order valence-electron chi connectivity index (χ4n) is 3.98. The average molecular weight is 338 g/mol. The summed E-state index contributed by atoms with van der Waals surface area (Å²) in [6, 6.07) is 5.62. The normalized spacial score (nSPS) is 16.0. The standard InChI is InChI=1S/C20H27BN2O2/c21-17-8-5-9-18-19(17)16(14-23(18)12-13-24)20(25)22-11-10-15-6-3-1-2-4-7-15/h5,8-9,14-15,24H,1-4,6-7,10-13H2,(H,22,25). The van der Waals surface area contributed by atoms with Gasteiger partial charge in [-0.3, -0.25) is 4.79 Å². The lowest BCUT2D eigenvalue weighted by atomic mass is 9.90. The van der Waals surface area contributed by atoms with Crippen LogP contribution >= 0.6 is 0 Å². The highest BCUT2D eigenvalue weighted by molar-refractivity contribution is 6.40. The van der Waals surface area contributed by atoms with Crippen LogP contribution in [0.15, 0.2) is 24.4 Å². The first-order valence-electron chi connectivity index (χ1n) is 9.47. The van der Waals surface area contributed by atoms with E-state index in [-0.39, 0.29) is 12.5 Å². The van der Waals surface area contributed by atoms with Gasteiger partial charge in [0.2, 0.25) is 0 Å². The van der Waals surface area contributed by atoms with Gasteiger partial charge in [0.05, 0.1) is 12.2 Å². The summed E-state index contributed by atoms with van der Waals surface area (Å²) >= 11 is 0. The van der Waals surface area contributed by atoms with Crippen LogP contribution in [-0.2, 0) is 6.54 Å². The van der Waals surface area contributed by atoms with Crippen LogP contribution in [0.5, 0.6) is 0 Å². The number of fused-ring (bicyclic) bond motifs is 1. The van der Waals surface area contributed by atoms with Crippen molar-refractivity contribution in [1.82, 2.24) is 9.88 Å². The average Bonchev–Trinajstić information content (AvgIpc) is 2.79. The fourth-order valence-corrected chi connectivity index (χ4v) is 3.98. The van der Waals surface area contributed by atoms with E-state index in [2.05, 4.69) is 5.32 Å². The molecule has 1 heterocycles. The van der Waals surface area contributed by atoms with Crippen LogP contribution < -0.4 is 10.8 Å². The van der Waals surface area contributed by atoms with E-state index in [1.54, 1.807) is 6.20 Å². The first kappa shape index (κ1) is 18.1. The van der Waals surface area contributed by atoms with Crippen LogP contribution in [0.3, 0.4) is 0 Å². The minimum absolute atomic E-state index is 0.0291. The Morgan fingerprint density at radius 2 is 2.00 bits per heavy atom. The van der Waals surface area contributed by atoms with Crippen molar-refractivity contribution >= 4 is 30.1 Å². The number of aliphatic hydroxyl groups excluding tert-OH is 1. The van der Waals surface area contributed by atoms with Gasteiger partial charge in [-0.25, -0.2) is 0 Å². The van der Waals surface area contributed by atoms with Crippen molar-refractivity contribution in [3.05, 3.63) is 30.0 Å². The van der Waals surface area contributed by atoms with Crippen molar-refractivity contribution in [2.45, 2.75) is 51.5 Å². The van der Waals surface area contributed by atoms with Gasteiger partial charge in [0, 0.05) is 30.2 Å². The van der Waals surface area contributed by atoms with Crippen LogP contribution in [0.25, 0.3) is 10.9 Å². The molecule has 0 bridgehead atoms.